The van der Waals surface area contributed by atoms with E-state index in [1.54, 1.807) is 7.11 Å². The van der Waals surface area contributed by atoms with Crippen molar-refractivity contribution in [1.82, 2.24) is 0 Å². The number of hydrogen-bond acceptors (Lipinski definition) is 3. The van der Waals surface area contributed by atoms with Gasteiger partial charge in [0, 0.05) is 13.5 Å². The zero-order chi connectivity index (χ0) is 13.4. The summed E-state index contributed by atoms with van der Waals surface area (Å²) in [5.41, 5.74) is 6.78. The van der Waals surface area contributed by atoms with E-state index in [-0.39, 0.29) is 6.10 Å². The molecule has 0 aromatic heterocycles. The molecule has 0 heterocycles. The van der Waals surface area contributed by atoms with Crippen molar-refractivity contribution >= 4 is 17.2 Å². The molecule has 0 spiro atoms. The molecule has 3 nitrogen and oxygen atoms in total. The highest BCUT2D eigenvalue weighted by molar-refractivity contribution is 7.80. The standard InChI is InChI=1S/C14H21NO2S/c1-3-12(10-14(15)18)17-13-6-4-11(5-7-13)8-9-16-2/h4-7,12H,3,8-10H2,1-2H3,(H2,15,18). The van der Waals surface area contributed by atoms with Gasteiger partial charge in [-0.25, -0.2) is 0 Å². The van der Waals surface area contributed by atoms with E-state index < -0.39 is 0 Å². The summed E-state index contributed by atoms with van der Waals surface area (Å²) in [4.78, 5) is 0.499. The van der Waals surface area contributed by atoms with Gasteiger partial charge >= 0.3 is 0 Å². The normalized spacial score (nSPS) is 12.1. The third-order valence-corrected chi connectivity index (χ3v) is 2.87. The second-order valence-corrected chi connectivity index (χ2v) is 4.73. The molecule has 4 heteroatoms. The lowest BCUT2D eigenvalue weighted by molar-refractivity contribution is 0.201. The lowest BCUT2D eigenvalue weighted by Gasteiger charge is -2.17. The minimum Gasteiger partial charge on any atom is -0.490 e. The molecule has 1 unspecified atom stereocenters. The Bertz CT molecular complexity index is 365. The van der Waals surface area contributed by atoms with Crippen LogP contribution >= 0.6 is 12.2 Å². The monoisotopic (exact) mass is 267 g/mol. The summed E-state index contributed by atoms with van der Waals surface area (Å²) in [6.07, 6.45) is 2.49. The van der Waals surface area contributed by atoms with Crippen LogP contribution in [0.4, 0.5) is 0 Å². The van der Waals surface area contributed by atoms with Crippen molar-refractivity contribution in [3.8, 4) is 5.75 Å². The lowest BCUT2D eigenvalue weighted by atomic mass is 10.1. The number of nitrogens with two attached hydrogens (primary N) is 1. The first-order valence-corrected chi connectivity index (χ1v) is 6.59. The molecule has 0 fully saturated rings. The minimum absolute atomic E-state index is 0.0623. The molecular weight excluding hydrogens is 246 g/mol. The molecular formula is C14H21NO2S. The van der Waals surface area contributed by atoms with Crippen molar-refractivity contribution < 1.29 is 9.47 Å². The van der Waals surface area contributed by atoms with Gasteiger partial charge in [-0.3, -0.25) is 0 Å². The number of thiocarbonyl (C=S) groups is 1. The van der Waals surface area contributed by atoms with Crippen LogP contribution in [0.3, 0.4) is 0 Å². The van der Waals surface area contributed by atoms with Crippen molar-refractivity contribution in [1.29, 1.82) is 0 Å². The molecule has 0 aliphatic rings. The maximum atomic E-state index is 5.84. The molecule has 0 radical (unpaired) electrons. The van der Waals surface area contributed by atoms with E-state index in [0.717, 1.165) is 25.2 Å². The first-order valence-electron chi connectivity index (χ1n) is 6.18. The number of hydrogen-bond donors (Lipinski definition) is 1. The summed E-state index contributed by atoms with van der Waals surface area (Å²) in [7, 11) is 1.71. The van der Waals surface area contributed by atoms with Crippen LogP contribution in [0.1, 0.15) is 25.3 Å². The van der Waals surface area contributed by atoms with Crippen molar-refractivity contribution in [2.75, 3.05) is 13.7 Å². The molecule has 1 aromatic rings. The maximum Gasteiger partial charge on any atom is 0.119 e. The molecule has 0 saturated carbocycles. The molecule has 2 N–H and O–H groups in total. The largest absolute Gasteiger partial charge is 0.490 e. The third-order valence-electron chi connectivity index (χ3n) is 2.71. The summed E-state index contributed by atoms with van der Waals surface area (Å²) in [5, 5.41) is 0. The topological polar surface area (TPSA) is 44.5 Å². The van der Waals surface area contributed by atoms with Gasteiger partial charge in [-0.15, -0.1) is 0 Å². The molecule has 0 amide bonds. The van der Waals surface area contributed by atoms with Gasteiger partial charge in [0.25, 0.3) is 0 Å². The Morgan fingerprint density at radius 2 is 2.00 bits per heavy atom. The molecule has 0 aliphatic carbocycles. The summed E-state index contributed by atoms with van der Waals surface area (Å²) in [6, 6.07) is 8.07. The van der Waals surface area contributed by atoms with Gasteiger partial charge in [0.15, 0.2) is 0 Å². The predicted molar refractivity (Wildman–Crippen MR) is 78.1 cm³/mol. The van der Waals surface area contributed by atoms with E-state index in [4.69, 9.17) is 27.4 Å². The van der Waals surface area contributed by atoms with Crippen molar-refractivity contribution in [2.24, 2.45) is 5.73 Å². The Labute approximate surface area is 114 Å². The zero-order valence-electron chi connectivity index (χ0n) is 11.0. The van der Waals surface area contributed by atoms with Crippen LogP contribution in [0.25, 0.3) is 0 Å². The quantitative estimate of drug-likeness (QED) is 0.736. The molecule has 1 atom stereocenters. The van der Waals surface area contributed by atoms with E-state index in [1.807, 2.05) is 12.1 Å². The number of benzene rings is 1. The van der Waals surface area contributed by atoms with Crippen LogP contribution in [0.2, 0.25) is 0 Å². The number of rotatable bonds is 8. The van der Waals surface area contributed by atoms with Crippen LogP contribution < -0.4 is 10.5 Å². The molecule has 18 heavy (non-hydrogen) atoms. The molecule has 100 valence electrons. The van der Waals surface area contributed by atoms with Gasteiger partial charge in [0.05, 0.1) is 11.6 Å². The summed E-state index contributed by atoms with van der Waals surface area (Å²) in [6.45, 7) is 2.80. The van der Waals surface area contributed by atoms with E-state index in [2.05, 4.69) is 19.1 Å². The second-order valence-electron chi connectivity index (χ2n) is 4.21. The summed E-state index contributed by atoms with van der Waals surface area (Å²) >= 11 is 4.91. The van der Waals surface area contributed by atoms with Gasteiger partial charge in [-0.2, -0.15) is 0 Å². The van der Waals surface area contributed by atoms with Crippen LogP contribution in [0.15, 0.2) is 24.3 Å². The highest BCUT2D eigenvalue weighted by Crippen LogP contribution is 2.16. The fourth-order valence-electron chi connectivity index (χ4n) is 1.64. The van der Waals surface area contributed by atoms with Gasteiger partial charge in [-0.1, -0.05) is 31.3 Å². The van der Waals surface area contributed by atoms with E-state index in [1.165, 1.54) is 5.56 Å². The Hall–Kier alpha value is -1.13. The molecule has 1 rings (SSSR count). The number of ether oxygens (including phenoxy) is 2. The maximum absolute atomic E-state index is 5.84. The predicted octanol–water partition coefficient (Wildman–Crippen LogP) is 2.71. The van der Waals surface area contributed by atoms with E-state index >= 15 is 0 Å². The summed E-state index contributed by atoms with van der Waals surface area (Å²) in [5.74, 6) is 0.860. The fraction of sp³-hybridized carbons (Fsp3) is 0.500. The third kappa shape index (κ3) is 5.47. The van der Waals surface area contributed by atoms with Crippen LogP contribution in [-0.4, -0.2) is 24.8 Å². The van der Waals surface area contributed by atoms with E-state index in [9.17, 15) is 0 Å². The highest BCUT2D eigenvalue weighted by atomic mass is 32.1. The van der Waals surface area contributed by atoms with E-state index in [0.29, 0.717) is 11.4 Å². The average Bonchev–Trinajstić information content (AvgIpc) is 2.36. The first-order chi connectivity index (χ1) is 8.65. The number of methoxy groups -OCH3 is 1. The Kier molecular flexibility index (Phi) is 6.68. The first kappa shape index (κ1) is 14.9. The van der Waals surface area contributed by atoms with Gasteiger partial charge < -0.3 is 15.2 Å². The SMILES string of the molecule is CCC(CC(N)=S)Oc1ccc(CCOC)cc1. The van der Waals surface area contributed by atoms with Crippen molar-refractivity contribution in [2.45, 2.75) is 32.3 Å². The van der Waals surface area contributed by atoms with Crippen LogP contribution in [-0.2, 0) is 11.2 Å². The smallest absolute Gasteiger partial charge is 0.119 e. The van der Waals surface area contributed by atoms with Crippen molar-refractivity contribution in [3.63, 3.8) is 0 Å². The fourth-order valence-corrected chi connectivity index (χ4v) is 1.83. The van der Waals surface area contributed by atoms with Crippen LogP contribution in [0, 0.1) is 0 Å². The molecule has 0 aliphatic heterocycles. The van der Waals surface area contributed by atoms with Crippen LogP contribution in [0.5, 0.6) is 5.75 Å². The summed E-state index contributed by atoms with van der Waals surface area (Å²) < 4.78 is 10.9. The molecule has 0 saturated heterocycles. The van der Waals surface area contributed by atoms with Gasteiger partial charge in [0.1, 0.15) is 11.9 Å². The lowest BCUT2D eigenvalue weighted by Crippen LogP contribution is -2.23. The zero-order valence-corrected chi connectivity index (χ0v) is 11.8. The van der Waals surface area contributed by atoms with Crippen molar-refractivity contribution in [3.05, 3.63) is 29.8 Å². The molecule has 0 bridgehead atoms. The van der Waals surface area contributed by atoms with Gasteiger partial charge in [-0.05, 0) is 30.5 Å². The van der Waals surface area contributed by atoms with Gasteiger partial charge in [0.2, 0.25) is 0 Å². The minimum atomic E-state index is 0.0623. The Morgan fingerprint density at radius 3 is 2.50 bits per heavy atom. The Balaban J connectivity index is 2.53. The molecule has 1 aromatic carbocycles. The highest BCUT2D eigenvalue weighted by Gasteiger charge is 2.09. The second kappa shape index (κ2) is 8.06. The average molecular weight is 267 g/mol. The Morgan fingerprint density at radius 1 is 1.33 bits per heavy atom.